The molecule has 1 saturated heterocycles. The van der Waals surface area contributed by atoms with Gasteiger partial charge in [-0.3, -0.25) is 19.3 Å². The number of carbonyl (C=O) groups excluding carboxylic acids is 2. The Morgan fingerprint density at radius 1 is 1.13 bits per heavy atom. The summed E-state index contributed by atoms with van der Waals surface area (Å²) < 4.78 is 0. The smallest absolute Gasteiger partial charge is 0.303 e. The number of hydrogen-bond donors (Lipinski definition) is 4. The summed E-state index contributed by atoms with van der Waals surface area (Å²) in [6.07, 6.45) is 5.64. The van der Waals surface area contributed by atoms with Crippen LogP contribution in [0.3, 0.4) is 0 Å². The van der Waals surface area contributed by atoms with Crippen LogP contribution in [0.25, 0.3) is 6.08 Å². The molecule has 0 unspecified atom stereocenters. The lowest BCUT2D eigenvalue weighted by molar-refractivity contribution is -0.141. The molecule has 1 aromatic rings. The van der Waals surface area contributed by atoms with Crippen LogP contribution in [0.5, 0.6) is 5.75 Å². The van der Waals surface area contributed by atoms with Crippen LogP contribution in [-0.4, -0.2) is 62.4 Å². The van der Waals surface area contributed by atoms with Crippen molar-refractivity contribution in [1.29, 1.82) is 0 Å². The number of carbonyl (C=O) groups is 3. The quantitative estimate of drug-likeness (QED) is 0.161. The van der Waals surface area contributed by atoms with Crippen LogP contribution in [0.4, 0.5) is 0 Å². The summed E-state index contributed by atoms with van der Waals surface area (Å²) in [6, 6.07) is 7.05. The second-order valence-electron chi connectivity index (χ2n) is 10.6. The SMILES string of the molecule is CCCC1=C([C@H](O)CC/C(C)=C/c2ccccc2O)[C@H](CO)[C@@H]2C(=O)N(CCCCCC(=O)O)C(=O)[C@@H]2C1. The van der Waals surface area contributed by atoms with E-state index in [2.05, 4.69) is 0 Å². The maximum Gasteiger partial charge on any atom is 0.303 e. The number of phenols is 1. The first kappa shape index (κ1) is 29.6. The average molecular weight is 528 g/mol. The number of aliphatic hydroxyl groups is 2. The normalized spacial score (nSPS) is 22.7. The molecule has 8 nitrogen and oxygen atoms in total. The van der Waals surface area contributed by atoms with Gasteiger partial charge < -0.3 is 20.4 Å². The Labute approximate surface area is 224 Å². The summed E-state index contributed by atoms with van der Waals surface area (Å²) in [4.78, 5) is 38.7. The molecule has 38 heavy (non-hydrogen) atoms. The van der Waals surface area contributed by atoms with E-state index in [9.17, 15) is 29.7 Å². The van der Waals surface area contributed by atoms with E-state index in [0.717, 1.165) is 17.6 Å². The zero-order chi connectivity index (χ0) is 27.8. The first-order valence-corrected chi connectivity index (χ1v) is 13.7. The third-order valence-electron chi connectivity index (χ3n) is 7.81. The second kappa shape index (κ2) is 13.7. The lowest BCUT2D eigenvalue weighted by Crippen LogP contribution is -2.39. The van der Waals surface area contributed by atoms with Crippen LogP contribution in [0.2, 0.25) is 0 Å². The second-order valence-corrected chi connectivity index (χ2v) is 10.6. The first-order chi connectivity index (χ1) is 18.2. The molecule has 4 atom stereocenters. The highest BCUT2D eigenvalue weighted by molar-refractivity contribution is 6.05. The maximum absolute atomic E-state index is 13.4. The van der Waals surface area contributed by atoms with Crippen molar-refractivity contribution >= 4 is 23.9 Å². The van der Waals surface area contributed by atoms with Crippen LogP contribution < -0.4 is 0 Å². The van der Waals surface area contributed by atoms with E-state index in [4.69, 9.17) is 5.11 Å². The number of unbranched alkanes of at least 4 members (excludes halogenated alkanes) is 2. The van der Waals surface area contributed by atoms with Gasteiger partial charge in [-0.2, -0.15) is 0 Å². The van der Waals surface area contributed by atoms with Crippen molar-refractivity contribution in [2.45, 2.75) is 77.7 Å². The molecule has 2 aliphatic rings. The van der Waals surface area contributed by atoms with Gasteiger partial charge in [0.25, 0.3) is 0 Å². The summed E-state index contributed by atoms with van der Waals surface area (Å²) in [5.74, 6) is -3.02. The maximum atomic E-state index is 13.4. The summed E-state index contributed by atoms with van der Waals surface area (Å²) >= 11 is 0. The fourth-order valence-electron chi connectivity index (χ4n) is 5.97. The van der Waals surface area contributed by atoms with E-state index in [-0.39, 0.29) is 37.1 Å². The number of aliphatic hydroxyl groups excluding tert-OH is 2. The minimum absolute atomic E-state index is 0.0620. The van der Waals surface area contributed by atoms with E-state index in [1.165, 1.54) is 4.90 Å². The minimum Gasteiger partial charge on any atom is -0.507 e. The van der Waals surface area contributed by atoms with Crippen molar-refractivity contribution in [3.63, 3.8) is 0 Å². The summed E-state index contributed by atoms with van der Waals surface area (Å²) in [5, 5.41) is 40.6. The number of allylic oxidation sites excluding steroid dienone is 2. The number of hydrogen-bond acceptors (Lipinski definition) is 6. The fraction of sp³-hybridized carbons (Fsp3) is 0.567. The van der Waals surface area contributed by atoms with Gasteiger partial charge in [0.2, 0.25) is 11.8 Å². The molecule has 0 bridgehead atoms. The summed E-state index contributed by atoms with van der Waals surface area (Å²) in [7, 11) is 0. The standard InChI is InChI=1S/C30H41NO7/c1-3-9-21-17-22-28(30(38)31(29(22)37)15-8-4-5-12-26(35)36)23(18-32)27(21)25(34)14-13-19(2)16-20-10-6-7-11-24(20)33/h6-7,10-11,16,22-23,25,28,32-34H,3-5,8-9,12-15,17-18H2,1-2H3,(H,35,36)/b19-16+/t22-,23+,25-,28-/m1/s1. The van der Waals surface area contributed by atoms with E-state index < -0.39 is 29.8 Å². The van der Waals surface area contributed by atoms with Gasteiger partial charge in [0.05, 0.1) is 24.5 Å². The predicted octanol–water partition coefficient (Wildman–Crippen LogP) is 4.29. The van der Waals surface area contributed by atoms with Crippen LogP contribution in [0, 0.1) is 17.8 Å². The average Bonchev–Trinajstić information content (AvgIpc) is 3.12. The molecule has 0 saturated carbocycles. The Hall–Kier alpha value is -2.97. The number of amides is 2. The molecule has 2 amide bonds. The molecule has 0 aromatic heterocycles. The van der Waals surface area contributed by atoms with Crippen molar-refractivity contribution < 1.29 is 34.8 Å². The van der Waals surface area contributed by atoms with E-state index in [0.29, 0.717) is 56.1 Å². The zero-order valence-electron chi connectivity index (χ0n) is 22.4. The number of likely N-dealkylation sites (tertiary alicyclic amines) is 1. The molecular formula is C30H41NO7. The number of rotatable bonds is 14. The molecule has 4 N–H and O–H groups in total. The first-order valence-electron chi connectivity index (χ1n) is 13.7. The minimum atomic E-state index is -0.861. The molecule has 0 radical (unpaired) electrons. The van der Waals surface area contributed by atoms with Crippen molar-refractivity contribution in [1.82, 2.24) is 4.90 Å². The molecule has 1 aliphatic heterocycles. The molecular weight excluding hydrogens is 486 g/mol. The third-order valence-corrected chi connectivity index (χ3v) is 7.81. The van der Waals surface area contributed by atoms with Gasteiger partial charge >= 0.3 is 5.97 Å². The Balaban J connectivity index is 1.74. The third kappa shape index (κ3) is 6.91. The fourth-order valence-corrected chi connectivity index (χ4v) is 5.97. The number of nitrogens with zero attached hydrogens (tertiary/aromatic N) is 1. The van der Waals surface area contributed by atoms with Crippen LogP contribution in [0.15, 0.2) is 41.0 Å². The molecule has 3 rings (SSSR count). The molecule has 208 valence electrons. The summed E-state index contributed by atoms with van der Waals surface area (Å²) in [5.41, 5.74) is 3.36. The van der Waals surface area contributed by atoms with Gasteiger partial charge in [-0.1, -0.05) is 55.2 Å². The molecule has 1 aliphatic carbocycles. The number of aromatic hydroxyl groups is 1. The van der Waals surface area contributed by atoms with E-state index in [1.54, 1.807) is 12.1 Å². The predicted molar refractivity (Wildman–Crippen MR) is 144 cm³/mol. The highest BCUT2D eigenvalue weighted by Gasteiger charge is 2.54. The Morgan fingerprint density at radius 2 is 1.87 bits per heavy atom. The Kier molecular flexibility index (Phi) is 10.7. The lowest BCUT2D eigenvalue weighted by atomic mass is 9.67. The number of phenolic OH excluding ortho intramolecular Hbond substituents is 1. The van der Waals surface area contributed by atoms with Crippen molar-refractivity contribution in [3.05, 3.63) is 46.5 Å². The van der Waals surface area contributed by atoms with Crippen LogP contribution in [0.1, 0.15) is 77.2 Å². The zero-order valence-corrected chi connectivity index (χ0v) is 22.4. The number of para-hydroxylation sites is 1. The number of carboxylic acid groups (broad SMARTS) is 1. The van der Waals surface area contributed by atoms with Gasteiger partial charge in [-0.05, 0) is 57.1 Å². The highest BCUT2D eigenvalue weighted by atomic mass is 16.4. The van der Waals surface area contributed by atoms with Gasteiger partial charge in [-0.25, -0.2) is 0 Å². The van der Waals surface area contributed by atoms with Crippen molar-refractivity contribution in [2.75, 3.05) is 13.2 Å². The number of benzene rings is 1. The van der Waals surface area contributed by atoms with Gasteiger partial charge in [0.15, 0.2) is 0 Å². The highest BCUT2D eigenvalue weighted by Crippen LogP contribution is 2.47. The number of fused-ring (bicyclic) bond motifs is 1. The monoisotopic (exact) mass is 527 g/mol. The number of imide groups is 1. The van der Waals surface area contributed by atoms with Crippen LogP contribution >= 0.6 is 0 Å². The van der Waals surface area contributed by atoms with Crippen molar-refractivity contribution in [2.24, 2.45) is 17.8 Å². The molecule has 1 fully saturated rings. The molecule has 8 heteroatoms. The van der Waals surface area contributed by atoms with Crippen molar-refractivity contribution in [3.8, 4) is 5.75 Å². The molecule has 1 aromatic carbocycles. The lowest BCUT2D eigenvalue weighted by Gasteiger charge is -2.36. The number of aliphatic carboxylic acids is 1. The number of carboxylic acids is 1. The Bertz CT molecular complexity index is 1080. The topological polar surface area (TPSA) is 135 Å². The van der Waals surface area contributed by atoms with E-state index >= 15 is 0 Å². The van der Waals surface area contributed by atoms with Crippen LogP contribution in [-0.2, 0) is 14.4 Å². The largest absolute Gasteiger partial charge is 0.507 e. The Morgan fingerprint density at radius 3 is 2.53 bits per heavy atom. The molecule has 0 spiro atoms. The molecule has 1 heterocycles. The summed E-state index contributed by atoms with van der Waals surface area (Å²) in [6.45, 7) is 3.90. The van der Waals surface area contributed by atoms with Gasteiger partial charge in [0.1, 0.15) is 5.75 Å². The van der Waals surface area contributed by atoms with Gasteiger partial charge in [-0.15, -0.1) is 0 Å². The van der Waals surface area contributed by atoms with E-state index in [1.807, 2.05) is 32.1 Å². The van der Waals surface area contributed by atoms with Gasteiger partial charge in [0, 0.05) is 24.4 Å².